The van der Waals surface area contributed by atoms with Gasteiger partial charge in [0.2, 0.25) is 10.0 Å². The molecule has 6 nitrogen and oxygen atoms in total. The fourth-order valence-electron chi connectivity index (χ4n) is 1.99. The molecular weight excluding hydrogens is 330 g/mol. The fraction of sp³-hybridized carbons (Fsp3) is 0.235. The maximum absolute atomic E-state index is 12.1. The molecule has 0 saturated carbocycles. The molecule has 2 aromatic carbocycles. The number of carbonyl (C=O) groups is 1. The van der Waals surface area contributed by atoms with Crippen LogP contribution in [0.15, 0.2) is 53.4 Å². The molecule has 0 bridgehead atoms. The SMILES string of the molecule is COc1ccccc1COC(=O)CNS(=O)(=O)c1ccc(C)cc1. The summed E-state index contributed by atoms with van der Waals surface area (Å²) in [6, 6.07) is 13.5. The average molecular weight is 349 g/mol. The summed E-state index contributed by atoms with van der Waals surface area (Å²) in [5.74, 6) is -0.0675. The maximum atomic E-state index is 12.1. The highest BCUT2D eigenvalue weighted by Gasteiger charge is 2.16. The number of methoxy groups -OCH3 is 1. The van der Waals surface area contributed by atoms with Gasteiger partial charge in [-0.05, 0) is 25.1 Å². The van der Waals surface area contributed by atoms with E-state index < -0.39 is 22.5 Å². The lowest BCUT2D eigenvalue weighted by atomic mass is 10.2. The van der Waals surface area contributed by atoms with Crippen LogP contribution in [0.25, 0.3) is 0 Å². The van der Waals surface area contributed by atoms with Crippen LogP contribution in [0.4, 0.5) is 0 Å². The number of para-hydroxylation sites is 1. The third-order valence-electron chi connectivity index (χ3n) is 3.32. The molecule has 128 valence electrons. The van der Waals surface area contributed by atoms with Crippen LogP contribution >= 0.6 is 0 Å². The molecule has 0 aromatic heterocycles. The quantitative estimate of drug-likeness (QED) is 0.774. The Bertz CT molecular complexity index is 800. The van der Waals surface area contributed by atoms with Crippen molar-refractivity contribution in [3.63, 3.8) is 0 Å². The van der Waals surface area contributed by atoms with Crippen LogP contribution in [-0.2, 0) is 26.2 Å². The molecule has 0 unspecified atom stereocenters. The normalized spacial score (nSPS) is 11.1. The van der Waals surface area contributed by atoms with Crippen molar-refractivity contribution in [2.75, 3.05) is 13.7 Å². The molecule has 2 aromatic rings. The van der Waals surface area contributed by atoms with E-state index in [2.05, 4.69) is 4.72 Å². The number of benzene rings is 2. The van der Waals surface area contributed by atoms with E-state index in [0.717, 1.165) is 5.56 Å². The molecule has 0 saturated heterocycles. The first kappa shape index (κ1) is 18.0. The predicted octanol–water partition coefficient (Wildman–Crippen LogP) is 2.03. The minimum absolute atomic E-state index is 0.00903. The van der Waals surface area contributed by atoms with Gasteiger partial charge in [0.15, 0.2) is 0 Å². The second-order valence-electron chi connectivity index (χ2n) is 5.11. The zero-order chi connectivity index (χ0) is 17.6. The molecule has 0 fully saturated rings. The van der Waals surface area contributed by atoms with E-state index in [0.29, 0.717) is 11.3 Å². The molecule has 0 aliphatic carbocycles. The first-order chi connectivity index (χ1) is 11.4. The van der Waals surface area contributed by atoms with Crippen LogP contribution < -0.4 is 9.46 Å². The van der Waals surface area contributed by atoms with Gasteiger partial charge in [-0.2, -0.15) is 4.72 Å². The third-order valence-corrected chi connectivity index (χ3v) is 4.74. The van der Waals surface area contributed by atoms with E-state index in [1.165, 1.54) is 19.2 Å². The zero-order valence-corrected chi connectivity index (χ0v) is 14.3. The van der Waals surface area contributed by atoms with Crippen molar-refractivity contribution in [1.29, 1.82) is 0 Å². The second-order valence-corrected chi connectivity index (χ2v) is 6.88. The topological polar surface area (TPSA) is 81.7 Å². The Labute approximate surface area is 141 Å². The number of nitrogens with one attached hydrogen (secondary N) is 1. The fourth-order valence-corrected chi connectivity index (χ4v) is 2.96. The van der Waals surface area contributed by atoms with Crippen molar-refractivity contribution in [1.82, 2.24) is 4.72 Å². The maximum Gasteiger partial charge on any atom is 0.321 e. The highest BCUT2D eigenvalue weighted by molar-refractivity contribution is 7.89. The van der Waals surface area contributed by atoms with Gasteiger partial charge in [0.05, 0.1) is 12.0 Å². The highest BCUT2D eigenvalue weighted by Crippen LogP contribution is 2.18. The third kappa shape index (κ3) is 4.81. The molecule has 0 atom stereocenters. The average Bonchev–Trinajstić information content (AvgIpc) is 2.59. The largest absolute Gasteiger partial charge is 0.496 e. The van der Waals surface area contributed by atoms with E-state index in [1.807, 2.05) is 6.92 Å². The molecule has 0 radical (unpaired) electrons. The molecule has 0 aliphatic rings. The number of rotatable bonds is 7. The van der Waals surface area contributed by atoms with Gasteiger partial charge in [0, 0.05) is 5.56 Å². The lowest BCUT2D eigenvalue weighted by Gasteiger charge is -2.10. The van der Waals surface area contributed by atoms with Crippen molar-refractivity contribution >= 4 is 16.0 Å². The van der Waals surface area contributed by atoms with Crippen LogP contribution in [0, 0.1) is 6.92 Å². The summed E-state index contributed by atoms with van der Waals surface area (Å²) in [6.07, 6.45) is 0. The van der Waals surface area contributed by atoms with Gasteiger partial charge in [-0.3, -0.25) is 4.79 Å². The molecule has 2 rings (SSSR count). The van der Waals surface area contributed by atoms with E-state index >= 15 is 0 Å². The molecule has 0 spiro atoms. The van der Waals surface area contributed by atoms with E-state index in [9.17, 15) is 13.2 Å². The number of carbonyl (C=O) groups excluding carboxylic acids is 1. The summed E-state index contributed by atoms with van der Waals surface area (Å²) >= 11 is 0. The zero-order valence-electron chi connectivity index (χ0n) is 13.5. The standard InChI is InChI=1S/C17H19NO5S/c1-13-7-9-15(10-8-13)24(20,21)18-11-17(19)23-12-14-5-3-4-6-16(14)22-2/h3-10,18H,11-12H2,1-2H3. The van der Waals surface area contributed by atoms with Gasteiger partial charge in [0.1, 0.15) is 18.9 Å². The van der Waals surface area contributed by atoms with Gasteiger partial charge < -0.3 is 9.47 Å². The van der Waals surface area contributed by atoms with Crippen LogP contribution in [0.2, 0.25) is 0 Å². The Kier molecular flexibility index (Phi) is 5.94. The Morgan fingerprint density at radius 2 is 1.75 bits per heavy atom. The predicted molar refractivity (Wildman–Crippen MR) is 89.2 cm³/mol. The smallest absolute Gasteiger partial charge is 0.321 e. The lowest BCUT2D eigenvalue weighted by molar-refractivity contribution is -0.143. The Morgan fingerprint density at radius 1 is 1.08 bits per heavy atom. The Morgan fingerprint density at radius 3 is 2.42 bits per heavy atom. The number of hydrogen-bond acceptors (Lipinski definition) is 5. The van der Waals surface area contributed by atoms with Gasteiger partial charge in [0.25, 0.3) is 0 Å². The molecule has 7 heteroatoms. The van der Waals surface area contributed by atoms with Crippen LogP contribution in [0.3, 0.4) is 0 Å². The minimum atomic E-state index is -3.74. The first-order valence-electron chi connectivity index (χ1n) is 7.26. The number of aryl methyl sites for hydroxylation is 1. The van der Waals surface area contributed by atoms with Crippen LogP contribution in [0.1, 0.15) is 11.1 Å². The monoisotopic (exact) mass is 349 g/mol. The number of ether oxygens (including phenoxy) is 2. The van der Waals surface area contributed by atoms with Crippen molar-refractivity contribution in [2.45, 2.75) is 18.4 Å². The van der Waals surface area contributed by atoms with E-state index in [1.54, 1.807) is 36.4 Å². The summed E-state index contributed by atoms with van der Waals surface area (Å²) in [5.41, 5.74) is 1.65. The number of esters is 1. The van der Waals surface area contributed by atoms with Crippen molar-refractivity contribution in [2.24, 2.45) is 0 Å². The number of hydrogen-bond donors (Lipinski definition) is 1. The summed E-state index contributed by atoms with van der Waals surface area (Å²) < 4.78 is 36.6. The molecule has 24 heavy (non-hydrogen) atoms. The van der Waals surface area contributed by atoms with Crippen molar-refractivity contribution in [3.8, 4) is 5.75 Å². The molecule has 0 aliphatic heterocycles. The Balaban J connectivity index is 1.90. The highest BCUT2D eigenvalue weighted by atomic mass is 32.2. The molecule has 0 amide bonds. The molecule has 1 N–H and O–H groups in total. The first-order valence-corrected chi connectivity index (χ1v) is 8.74. The van der Waals surface area contributed by atoms with Crippen molar-refractivity contribution in [3.05, 3.63) is 59.7 Å². The van der Waals surface area contributed by atoms with E-state index in [-0.39, 0.29) is 11.5 Å². The van der Waals surface area contributed by atoms with Gasteiger partial charge in [-0.1, -0.05) is 35.9 Å². The van der Waals surface area contributed by atoms with Crippen LogP contribution in [-0.4, -0.2) is 28.0 Å². The van der Waals surface area contributed by atoms with Gasteiger partial charge in [-0.25, -0.2) is 8.42 Å². The summed E-state index contributed by atoms with van der Waals surface area (Å²) in [4.78, 5) is 11.9. The molecular formula is C17H19NO5S. The summed E-state index contributed by atoms with van der Waals surface area (Å²) in [6.45, 7) is 1.43. The van der Waals surface area contributed by atoms with Gasteiger partial charge in [-0.15, -0.1) is 0 Å². The van der Waals surface area contributed by atoms with E-state index in [4.69, 9.17) is 9.47 Å². The Hall–Kier alpha value is -2.38. The van der Waals surface area contributed by atoms with Crippen molar-refractivity contribution < 1.29 is 22.7 Å². The number of sulfonamides is 1. The summed E-state index contributed by atoms with van der Waals surface area (Å²) in [5, 5.41) is 0. The van der Waals surface area contributed by atoms with Crippen LogP contribution in [0.5, 0.6) is 5.75 Å². The minimum Gasteiger partial charge on any atom is -0.496 e. The molecule has 0 heterocycles. The lowest BCUT2D eigenvalue weighted by Crippen LogP contribution is -2.30. The summed E-state index contributed by atoms with van der Waals surface area (Å²) in [7, 11) is -2.22. The van der Waals surface area contributed by atoms with Gasteiger partial charge >= 0.3 is 5.97 Å². The second kappa shape index (κ2) is 7.94.